The number of imide groups is 1. The van der Waals surface area contributed by atoms with Gasteiger partial charge in [0, 0.05) is 62.9 Å². The van der Waals surface area contributed by atoms with Crippen LogP contribution in [0.3, 0.4) is 0 Å². The molecule has 5 heterocycles. The highest BCUT2D eigenvalue weighted by Gasteiger charge is 2.45. The minimum absolute atomic E-state index is 0.104. The van der Waals surface area contributed by atoms with E-state index < -0.39 is 6.04 Å². The highest BCUT2D eigenvalue weighted by molar-refractivity contribution is 6.05. The van der Waals surface area contributed by atoms with Crippen LogP contribution in [0.1, 0.15) is 41.6 Å². The molecule has 170 valence electrons. The van der Waals surface area contributed by atoms with Crippen LogP contribution < -0.4 is 15.5 Å². The number of carbonyl (C=O) groups is 3. The van der Waals surface area contributed by atoms with Gasteiger partial charge in [-0.1, -0.05) is 0 Å². The molecule has 0 aliphatic carbocycles. The number of nitrogens with one attached hydrogen (secondary N) is 2. The second kappa shape index (κ2) is 7.56. The summed E-state index contributed by atoms with van der Waals surface area (Å²) >= 11 is 0. The Morgan fingerprint density at radius 1 is 1.06 bits per heavy atom. The maximum absolute atomic E-state index is 12.9. The largest absolute Gasteiger partial charge is 0.371 e. The average Bonchev–Trinajstić information content (AvgIpc) is 3.05. The fraction of sp³-hybridized carbons (Fsp3) is 0.625. The highest BCUT2D eigenvalue weighted by Crippen LogP contribution is 2.40. The van der Waals surface area contributed by atoms with E-state index in [9.17, 15) is 14.4 Å². The average molecular weight is 438 g/mol. The molecule has 1 atom stereocenters. The van der Waals surface area contributed by atoms with Crippen molar-refractivity contribution in [3.8, 4) is 0 Å². The molecule has 8 heteroatoms. The van der Waals surface area contributed by atoms with Gasteiger partial charge in [-0.2, -0.15) is 0 Å². The smallest absolute Gasteiger partial charge is 0.255 e. The number of amides is 3. The van der Waals surface area contributed by atoms with E-state index in [1.807, 2.05) is 12.1 Å². The molecule has 1 unspecified atom stereocenters. The number of nitrogens with zero attached hydrogens (tertiary/aromatic N) is 3. The number of likely N-dealkylation sites (tertiary alicyclic amines) is 1. The van der Waals surface area contributed by atoms with Gasteiger partial charge in [0.15, 0.2) is 0 Å². The summed E-state index contributed by atoms with van der Waals surface area (Å²) in [5.41, 5.74) is 3.42. The first-order chi connectivity index (χ1) is 15.5. The van der Waals surface area contributed by atoms with Crippen molar-refractivity contribution >= 4 is 23.4 Å². The zero-order valence-corrected chi connectivity index (χ0v) is 18.4. The summed E-state index contributed by atoms with van der Waals surface area (Å²) in [6.07, 6.45) is 3.33. The van der Waals surface area contributed by atoms with E-state index in [0.717, 1.165) is 24.3 Å². The molecule has 1 spiro atoms. The quantitative estimate of drug-likeness (QED) is 0.670. The number of carbonyl (C=O) groups excluding carboxylic acids is 3. The van der Waals surface area contributed by atoms with Crippen molar-refractivity contribution in [1.82, 2.24) is 20.4 Å². The topological polar surface area (TPSA) is 85.0 Å². The van der Waals surface area contributed by atoms with Gasteiger partial charge in [-0.15, -0.1) is 0 Å². The highest BCUT2D eigenvalue weighted by atomic mass is 16.2. The fourth-order valence-corrected chi connectivity index (χ4v) is 6.32. The molecule has 4 fully saturated rings. The molecule has 5 aliphatic rings. The Bertz CT molecular complexity index is 958. The van der Waals surface area contributed by atoms with Crippen LogP contribution in [-0.2, 0) is 16.1 Å². The zero-order chi connectivity index (χ0) is 21.9. The first-order valence-electron chi connectivity index (χ1n) is 12.0. The van der Waals surface area contributed by atoms with Crippen LogP contribution in [0.2, 0.25) is 0 Å². The number of hydrogen-bond acceptors (Lipinski definition) is 6. The van der Waals surface area contributed by atoms with E-state index >= 15 is 0 Å². The van der Waals surface area contributed by atoms with E-state index in [1.165, 1.54) is 45.6 Å². The van der Waals surface area contributed by atoms with Crippen molar-refractivity contribution in [3.05, 3.63) is 29.3 Å². The van der Waals surface area contributed by atoms with Gasteiger partial charge in [-0.25, -0.2) is 0 Å². The maximum atomic E-state index is 12.9. The third-order valence-electron chi connectivity index (χ3n) is 8.13. The third-order valence-corrected chi connectivity index (χ3v) is 8.13. The van der Waals surface area contributed by atoms with Crippen LogP contribution in [0.5, 0.6) is 0 Å². The standard InChI is InChI=1S/C24H31N5O3/c30-21-4-3-20(22(31)26-21)29-13-17-9-18(1-2-19(17)23(29)32)28-11-16(12-28)10-27-14-24(15-27)5-7-25-8-6-24/h1-2,9,16,20,25H,3-8,10-15H2,(H,26,30,31). The van der Waals surface area contributed by atoms with Gasteiger partial charge in [0.2, 0.25) is 11.8 Å². The fourth-order valence-electron chi connectivity index (χ4n) is 6.32. The summed E-state index contributed by atoms with van der Waals surface area (Å²) in [7, 11) is 0. The molecule has 4 saturated heterocycles. The van der Waals surface area contributed by atoms with Crippen molar-refractivity contribution < 1.29 is 14.4 Å². The molecular weight excluding hydrogens is 406 g/mol. The Hall–Kier alpha value is -2.45. The van der Waals surface area contributed by atoms with Crippen LogP contribution in [-0.4, -0.2) is 79.4 Å². The molecule has 2 N–H and O–H groups in total. The van der Waals surface area contributed by atoms with Crippen molar-refractivity contribution in [2.45, 2.75) is 38.3 Å². The van der Waals surface area contributed by atoms with E-state index in [2.05, 4.69) is 26.5 Å². The van der Waals surface area contributed by atoms with Crippen molar-refractivity contribution in [3.63, 3.8) is 0 Å². The number of rotatable bonds is 4. The number of piperidine rings is 2. The molecule has 8 nitrogen and oxygen atoms in total. The van der Waals surface area contributed by atoms with Crippen molar-refractivity contribution in [2.75, 3.05) is 50.7 Å². The van der Waals surface area contributed by atoms with Crippen LogP contribution >= 0.6 is 0 Å². The second-order valence-corrected chi connectivity index (χ2v) is 10.4. The van der Waals surface area contributed by atoms with Gasteiger partial charge in [0.05, 0.1) is 0 Å². The Kier molecular flexibility index (Phi) is 4.76. The van der Waals surface area contributed by atoms with Gasteiger partial charge in [-0.05, 0) is 61.5 Å². The second-order valence-electron chi connectivity index (χ2n) is 10.4. The van der Waals surface area contributed by atoms with Crippen molar-refractivity contribution in [2.24, 2.45) is 11.3 Å². The lowest BCUT2D eigenvalue weighted by Crippen LogP contribution is -2.63. The molecule has 0 radical (unpaired) electrons. The van der Waals surface area contributed by atoms with Crippen molar-refractivity contribution in [1.29, 1.82) is 0 Å². The summed E-state index contributed by atoms with van der Waals surface area (Å²) in [5, 5.41) is 5.84. The maximum Gasteiger partial charge on any atom is 0.255 e. The number of anilines is 1. The van der Waals surface area contributed by atoms with Gasteiger partial charge in [0.25, 0.3) is 5.91 Å². The van der Waals surface area contributed by atoms with Gasteiger partial charge < -0.3 is 20.0 Å². The summed E-state index contributed by atoms with van der Waals surface area (Å²) in [4.78, 5) is 43.2. The Labute approximate surface area is 188 Å². The summed E-state index contributed by atoms with van der Waals surface area (Å²) in [5.74, 6) is -0.00394. The SMILES string of the molecule is O=C1CCC(N2Cc3cc(N4CC(CN5CC6(CCNCC6)C5)C4)ccc3C2=O)C(=O)N1. The summed E-state index contributed by atoms with van der Waals surface area (Å²) in [6.45, 7) is 8.64. The van der Waals surface area contributed by atoms with Crippen LogP contribution in [0, 0.1) is 11.3 Å². The van der Waals surface area contributed by atoms with E-state index in [1.54, 1.807) is 4.90 Å². The minimum atomic E-state index is -0.552. The number of benzene rings is 1. The Morgan fingerprint density at radius 3 is 2.59 bits per heavy atom. The van der Waals surface area contributed by atoms with E-state index in [-0.39, 0.29) is 24.1 Å². The first kappa shape index (κ1) is 20.2. The van der Waals surface area contributed by atoms with Crippen LogP contribution in [0.4, 0.5) is 5.69 Å². The monoisotopic (exact) mass is 437 g/mol. The zero-order valence-electron chi connectivity index (χ0n) is 18.4. The Balaban J connectivity index is 1.04. The van der Waals surface area contributed by atoms with Gasteiger partial charge in [-0.3, -0.25) is 19.7 Å². The third kappa shape index (κ3) is 3.40. The molecule has 6 rings (SSSR count). The molecule has 5 aliphatic heterocycles. The number of fused-ring (bicyclic) bond motifs is 1. The lowest BCUT2D eigenvalue weighted by molar-refractivity contribution is -0.136. The lowest BCUT2D eigenvalue weighted by atomic mass is 9.72. The minimum Gasteiger partial charge on any atom is -0.371 e. The van der Waals surface area contributed by atoms with Gasteiger partial charge >= 0.3 is 0 Å². The molecule has 0 saturated carbocycles. The lowest BCUT2D eigenvalue weighted by Gasteiger charge is -2.55. The number of hydrogen-bond donors (Lipinski definition) is 2. The molecule has 0 aromatic heterocycles. The normalized spacial score (nSPS) is 27.9. The summed E-state index contributed by atoms with van der Waals surface area (Å²) in [6, 6.07) is 5.50. The molecule has 1 aromatic carbocycles. The molecular formula is C24H31N5O3. The molecule has 3 amide bonds. The van der Waals surface area contributed by atoms with E-state index in [4.69, 9.17) is 0 Å². The summed E-state index contributed by atoms with van der Waals surface area (Å²) < 4.78 is 0. The molecule has 1 aromatic rings. The first-order valence-corrected chi connectivity index (χ1v) is 12.0. The van der Waals surface area contributed by atoms with Crippen LogP contribution in [0.25, 0.3) is 0 Å². The van der Waals surface area contributed by atoms with Crippen LogP contribution in [0.15, 0.2) is 18.2 Å². The van der Waals surface area contributed by atoms with Gasteiger partial charge in [0.1, 0.15) is 6.04 Å². The van der Waals surface area contributed by atoms with E-state index in [0.29, 0.717) is 29.9 Å². The predicted octanol–water partition coefficient (Wildman–Crippen LogP) is 0.569. The predicted molar refractivity (Wildman–Crippen MR) is 119 cm³/mol. The Morgan fingerprint density at radius 2 is 1.84 bits per heavy atom. The molecule has 0 bridgehead atoms. The molecule has 32 heavy (non-hydrogen) atoms.